The predicted octanol–water partition coefficient (Wildman–Crippen LogP) is 1.94. The van der Waals surface area contributed by atoms with Crippen molar-refractivity contribution >= 4 is 17.5 Å². The Morgan fingerprint density at radius 2 is 2.18 bits per heavy atom. The van der Waals surface area contributed by atoms with Crippen LogP contribution in [0.1, 0.15) is 0 Å². The summed E-state index contributed by atoms with van der Waals surface area (Å²) in [6.45, 7) is 0. The number of aromatic amines is 1. The normalized spacial score (nSPS) is 10.2. The number of hydrogen-bond donors (Lipinski definition) is 2. The van der Waals surface area contributed by atoms with Gasteiger partial charge in [0, 0.05) is 5.02 Å². The number of aromatic nitrogens is 2. The van der Waals surface area contributed by atoms with Crippen LogP contribution in [0.4, 0.5) is 10.3 Å². The van der Waals surface area contributed by atoms with Crippen LogP contribution in [0.15, 0.2) is 29.2 Å². The number of hydrogen-bond acceptors (Lipinski definition) is 4. The van der Waals surface area contributed by atoms with Gasteiger partial charge in [-0.1, -0.05) is 11.6 Å². The van der Waals surface area contributed by atoms with Crippen molar-refractivity contribution in [2.45, 2.75) is 0 Å². The lowest BCUT2D eigenvalue weighted by Gasteiger charge is -2.05. The minimum atomic E-state index is -0.672. The van der Waals surface area contributed by atoms with Crippen LogP contribution in [-0.2, 0) is 0 Å². The van der Waals surface area contributed by atoms with Gasteiger partial charge in [-0.05, 0) is 18.2 Å². The molecule has 0 aliphatic carbocycles. The molecule has 0 atom stereocenters. The van der Waals surface area contributed by atoms with E-state index in [9.17, 15) is 9.18 Å². The zero-order chi connectivity index (χ0) is 12.4. The highest BCUT2D eigenvalue weighted by atomic mass is 35.5. The van der Waals surface area contributed by atoms with Gasteiger partial charge in [0.1, 0.15) is 0 Å². The summed E-state index contributed by atoms with van der Waals surface area (Å²) < 4.78 is 18.4. The summed E-state index contributed by atoms with van der Waals surface area (Å²) >= 11 is 5.58. The Morgan fingerprint density at radius 1 is 1.41 bits per heavy atom. The number of halogens is 2. The summed E-state index contributed by atoms with van der Waals surface area (Å²) in [7, 11) is 0. The van der Waals surface area contributed by atoms with Crippen molar-refractivity contribution in [1.29, 1.82) is 0 Å². The molecule has 0 aliphatic heterocycles. The number of nitrogens with two attached hydrogens (primary N) is 1. The van der Waals surface area contributed by atoms with Crippen molar-refractivity contribution in [2.24, 2.45) is 0 Å². The van der Waals surface area contributed by atoms with Crippen LogP contribution in [0.3, 0.4) is 0 Å². The van der Waals surface area contributed by atoms with Gasteiger partial charge in [0.05, 0.1) is 6.20 Å². The van der Waals surface area contributed by atoms with Crippen molar-refractivity contribution in [2.75, 3.05) is 5.73 Å². The third kappa shape index (κ3) is 2.54. The first-order valence-corrected chi connectivity index (χ1v) is 4.92. The Bertz CT molecular complexity index is 615. The van der Waals surface area contributed by atoms with E-state index in [0.29, 0.717) is 0 Å². The molecule has 0 spiro atoms. The molecule has 0 radical (unpaired) electrons. The summed E-state index contributed by atoms with van der Waals surface area (Å²) in [5.41, 5.74) is 4.67. The van der Waals surface area contributed by atoms with Gasteiger partial charge in [0.2, 0.25) is 5.75 Å². The zero-order valence-electron chi connectivity index (χ0n) is 8.41. The first-order chi connectivity index (χ1) is 8.06. The van der Waals surface area contributed by atoms with E-state index in [4.69, 9.17) is 22.1 Å². The number of anilines is 1. The van der Waals surface area contributed by atoms with Gasteiger partial charge >= 0.3 is 0 Å². The third-order valence-electron chi connectivity index (χ3n) is 1.90. The molecule has 0 fully saturated rings. The summed E-state index contributed by atoms with van der Waals surface area (Å²) in [6.07, 6.45) is 1.11. The lowest BCUT2D eigenvalue weighted by atomic mass is 10.3. The molecular formula is C10H7ClFN3O2. The van der Waals surface area contributed by atoms with E-state index in [0.717, 1.165) is 12.3 Å². The lowest BCUT2D eigenvalue weighted by molar-refractivity contribution is 0.435. The molecule has 1 aromatic carbocycles. The highest BCUT2D eigenvalue weighted by Crippen LogP contribution is 2.24. The van der Waals surface area contributed by atoms with E-state index in [2.05, 4.69) is 9.97 Å². The third-order valence-corrected chi connectivity index (χ3v) is 2.14. The quantitative estimate of drug-likeness (QED) is 0.859. The molecule has 1 heterocycles. The smallest absolute Gasteiger partial charge is 0.295 e. The molecule has 5 nitrogen and oxygen atoms in total. The van der Waals surface area contributed by atoms with E-state index in [-0.39, 0.29) is 22.5 Å². The van der Waals surface area contributed by atoms with Gasteiger partial charge in [-0.2, -0.15) is 0 Å². The van der Waals surface area contributed by atoms with Crippen LogP contribution in [-0.4, -0.2) is 9.97 Å². The Hall–Kier alpha value is -2.08. The maximum Gasteiger partial charge on any atom is 0.295 e. The molecule has 88 valence electrons. The first kappa shape index (κ1) is 11.4. The number of H-pyrrole nitrogens is 1. The van der Waals surface area contributed by atoms with Crippen LogP contribution in [0.5, 0.6) is 11.5 Å². The van der Waals surface area contributed by atoms with E-state index in [1.807, 2.05) is 0 Å². The molecule has 0 saturated carbocycles. The number of ether oxygens (including phenoxy) is 1. The molecule has 0 saturated heterocycles. The molecule has 2 rings (SSSR count). The van der Waals surface area contributed by atoms with Crippen LogP contribution < -0.4 is 16.0 Å². The summed E-state index contributed by atoms with van der Waals surface area (Å²) in [4.78, 5) is 17.2. The van der Waals surface area contributed by atoms with E-state index >= 15 is 0 Å². The average Bonchev–Trinajstić information content (AvgIpc) is 2.25. The Kier molecular flexibility index (Phi) is 2.97. The largest absolute Gasteiger partial charge is 0.447 e. The van der Waals surface area contributed by atoms with Crippen LogP contribution in [0, 0.1) is 5.82 Å². The summed E-state index contributed by atoms with van der Waals surface area (Å²) in [5, 5.41) is 0.235. The van der Waals surface area contributed by atoms with E-state index in [1.165, 1.54) is 12.1 Å². The number of nitrogens with one attached hydrogen (secondary N) is 1. The summed E-state index contributed by atoms with van der Waals surface area (Å²) in [6, 6.07) is 3.84. The topological polar surface area (TPSA) is 81.0 Å². The number of nitrogen functional groups attached to an aromatic ring is 1. The minimum absolute atomic E-state index is 0.0427. The number of nitrogens with zero attached hydrogens (tertiary/aromatic N) is 1. The van der Waals surface area contributed by atoms with Crippen molar-refractivity contribution < 1.29 is 9.13 Å². The van der Waals surface area contributed by atoms with Crippen molar-refractivity contribution in [3.8, 4) is 11.5 Å². The molecule has 1 aromatic heterocycles. The SMILES string of the molecule is Nc1ncc(Oc2ccc(Cl)cc2F)c(=O)[nH]1. The zero-order valence-corrected chi connectivity index (χ0v) is 9.16. The Labute approximate surface area is 100 Å². The predicted molar refractivity (Wildman–Crippen MR) is 60.8 cm³/mol. The van der Waals surface area contributed by atoms with Crippen molar-refractivity contribution in [3.63, 3.8) is 0 Å². The lowest BCUT2D eigenvalue weighted by Crippen LogP contribution is -2.12. The molecule has 7 heteroatoms. The fraction of sp³-hybridized carbons (Fsp3) is 0. The molecule has 0 aliphatic rings. The monoisotopic (exact) mass is 255 g/mol. The highest BCUT2D eigenvalue weighted by Gasteiger charge is 2.08. The summed E-state index contributed by atoms with van der Waals surface area (Å²) in [5.74, 6) is -0.987. The van der Waals surface area contributed by atoms with Gasteiger partial charge in [-0.15, -0.1) is 0 Å². The fourth-order valence-electron chi connectivity index (χ4n) is 1.15. The van der Waals surface area contributed by atoms with Gasteiger partial charge < -0.3 is 10.5 Å². The first-order valence-electron chi connectivity index (χ1n) is 4.54. The maximum absolute atomic E-state index is 13.4. The molecule has 17 heavy (non-hydrogen) atoms. The second-order valence-electron chi connectivity index (χ2n) is 3.14. The standard InChI is InChI=1S/C10H7ClFN3O2/c11-5-1-2-7(6(12)3-5)17-8-4-14-10(13)15-9(8)16/h1-4H,(H3,13,14,15,16). The molecule has 0 amide bonds. The van der Waals surface area contributed by atoms with Gasteiger partial charge in [0.15, 0.2) is 17.5 Å². The Balaban J connectivity index is 2.35. The number of rotatable bonds is 2. The maximum atomic E-state index is 13.4. The van der Waals surface area contributed by atoms with Crippen molar-refractivity contribution in [1.82, 2.24) is 9.97 Å². The van der Waals surface area contributed by atoms with E-state index in [1.54, 1.807) is 0 Å². The van der Waals surface area contributed by atoms with Crippen LogP contribution in [0.25, 0.3) is 0 Å². The molecule has 0 bridgehead atoms. The van der Waals surface area contributed by atoms with Crippen LogP contribution >= 0.6 is 11.6 Å². The second kappa shape index (κ2) is 4.42. The second-order valence-corrected chi connectivity index (χ2v) is 3.58. The van der Waals surface area contributed by atoms with Gasteiger partial charge in [-0.25, -0.2) is 9.37 Å². The van der Waals surface area contributed by atoms with Crippen LogP contribution in [0.2, 0.25) is 5.02 Å². The van der Waals surface area contributed by atoms with Gasteiger partial charge in [0.25, 0.3) is 5.56 Å². The molecule has 0 unspecified atom stereocenters. The van der Waals surface area contributed by atoms with Gasteiger partial charge in [-0.3, -0.25) is 9.78 Å². The van der Waals surface area contributed by atoms with Crippen molar-refractivity contribution in [3.05, 3.63) is 45.6 Å². The molecule has 2 aromatic rings. The molecule has 3 N–H and O–H groups in total. The fourth-order valence-corrected chi connectivity index (χ4v) is 1.30. The minimum Gasteiger partial charge on any atom is -0.447 e. The Morgan fingerprint density at radius 3 is 2.82 bits per heavy atom. The van der Waals surface area contributed by atoms with E-state index < -0.39 is 11.4 Å². The molecular weight excluding hydrogens is 249 g/mol. The average molecular weight is 256 g/mol. The number of benzene rings is 1. The highest BCUT2D eigenvalue weighted by molar-refractivity contribution is 6.30.